The highest BCUT2D eigenvalue weighted by Gasteiger charge is 2.70. The third-order valence-corrected chi connectivity index (χ3v) is 4.08. The summed E-state index contributed by atoms with van der Waals surface area (Å²) in [6.45, 7) is 1.45. The Balaban J connectivity index is 2.31. The molecule has 3 atom stereocenters. The molecule has 1 aliphatic rings. The summed E-state index contributed by atoms with van der Waals surface area (Å²) in [5.74, 6) is -0.844. The van der Waals surface area contributed by atoms with E-state index in [1.54, 1.807) is 30.3 Å². The summed E-state index contributed by atoms with van der Waals surface area (Å²) in [5, 5.41) is 13.2. The Kier molecular flexibility index (Phi) is 4.75. The molecule has 0 spiro atoms. The van der Waals surface area contributed by atoms with E-state index in [1.165, 1.54) is 6.92 Å². The van der Waals surface area contributed by atoms with Crippen molar-refractivity contribution in [2.45, 2.75) is 37.1 Å². The van der Waals surface area contributed by atoms with Crippen molar-refractivity contribution in [2.24, 2.45) is 5.73 Å². The molecule has 1 amide bonds. The summed E-state index contributed by atoms with van der Waals surface area (Å²) < 4.78 is 4.93. The van der Waals surface area contributed by atoms with E-state index in [1.807, 2.05) is 0 Å². The summed E-state index contributed by atoms with van der Waals surface area (Å²) in [6, 6.07) is 8.53. The topological polar surface area (TPSA) is 102 Å². The number of cyclic esters (lactones) is 1. The quantitative estimate of drug-likeness (QED) is 0.531. The average Bonchev–Trinajstić information content (AvgIpc) is 2.50. The van der Waals surface area contributed by atoms with Crippen LogP contribution < -0.4 is 11.1 Å². The molecular weight excluding hydrogens is 308 g/mol. The monoisotopic (exact) mass is 326 g/mol. The standard InChI is InChI=1S/C15H19ClN2O4/c1-14(17)15(13(21)22-14,18-11(19)8-5-9-16)12(20)10-6-3-2-4-7-10/h2-4,6-7,12,20H,5,8-9,17H2,1H3,(H,18,19)/t12-,14?,15+/m1/s1. The molecule has 6 nitrogen and oxygen atoms in total. The van der Waals surface area contributed by atoms with Crippen LogP contribution in [0.3, 0.4) is 0 Å². The smallest absolute Gasteiger partial charge is 0.342 e. The van der Waals surface area contributed by atoms with E-state index < -0.39 is 29.2 Å². The molecule has 1 aromatic carbocycles. The fourth-order valence-electron chi connectivity index (χ4n) is 2.53. The summed E-state index contributed by atoms with van der Waals surface area (Å²) in [6.07, 6.45) is -0.720. The van der Waals surface area contributed by atoms with E-state index in [4.69, 9.17) is 22.1 Å². The molecule has 2 rings (SSSR count). The van der Waals surface area contributed by atoms with Crippen LogP contribution in [0.4, 0.5) is 0 Å². The van der Waals surface area contributed by atoms with Gasteiger partial charge in [0.25, 0.3) is 0 Å². The van der Waals surface area contributed by atoms with Crippen molar-refractivity contribution >= 4 is 23.5 Å². The molecule has 1 aliphatic heterocycles. The third kappa shape index (κ3) is 2.69. The number of hydrogen-bond acceptors (Lipinski definition) is 5. The van der Waals surface area contributed by atoms with Gasteiger partial charge in [-0.05, 0) is 18.9 Å². The first-order valence-electron chi connectivity index (χ1n) is 6.97. The SMILES string of the molecule is CC1(N)OC(=O)[C@@]1(NC(=O)CCCCl)[C@H](O)c1ccccc1. The number of amides is 1. The van der Waals surface area contributed by atoms with Gasteiger partial charge in [0.2, 0.25) is 11.4 Å². The number of nitrogens with two attached hydrogens (primary N) is 1. The summed E-state index contributed by atoms with van der Waals surface area (Å²) in [5.41, 5.74) is 3.21. The molecule has 0 aliphatic carbocycles. The van der Waals surface area contributed by atoms with Crippen LogP contribution in [0.5, 0.6) is 0 Å². The van der Waals surface area contributed by atoms with Crippen molar-refractivity contribution in [3.8, 4) is 0 Å². The number of aliphatic hydroxyl groups is 1. The Hall–Kier alpha value is -1.63. The molecule has 4 N–H and O–H groups in total. The first-order chi connectivity index (χ1) is 10.3. The van der Waals surface area contributed by atoms with E-state index >= 15 is 0 Å². The van der Waals surface area contributed by atoms with Crippen LogP contribution >= 0.6 is 11.6 Å². The van der Waals surface area contributed by atoms with Gasteiger partial charge in [0.1, 0.15) is 6.10 Å². The zero-order valence-electron chi connectivity index (χ0n) is 12.2. The first kappa shape index (κ1) is 16.7. The maximum atomic E-state index is 12.1. The van der Waals surface area contributed by atoms with Gasteiger partial charge in [0, 0.05) is 12.3 Å². The molecule has 1 heterocycles. The fourth-order valence-corrected chi connectivity index (χ4v) is 2.67. The lowest BCUT2D eigenvalue weighted by atomic mass is 9.74. The lowest BCUT2D eigenvalue weighted by Gasteiger charge is -2.54. The van der Waals surface area contributed by atoms with E-state index in [2.05, 4.69) is 5.32 Å². The first-order valence-corrected chi connectivity index (χ1v) is 7.51. The Bertz CT molecular complexity index is 564. The third-order valence-electron chi connectivity index (χ3n) is 3.81. The van der Waals surface area contributed by atoms with Crippen molar-refractivity contribution in [3.63, 3.8) is 0 Å². The van der Waals surface area contributed by atoms with E-state index in [-0.39, 0.29) is 6.42 Å². The highest BCUT2D eigenvalue weighted by Crippen LogP contribution is 2.43. The fraction of sp³-hybridized carbons (Fsp3) is 0.467. The van der Waals surface area contributed by atoms with Crippen molar-refractivity contribution < 1.29 is 19.4 Å². The number of benzene rings is 1. The molecule has 1 aromatic rings. The van der Waals surface area contributed by atoms with Gasteiger partial charge in [-0.1, -0.05) is 30.3 Å². The highest BCUT2D eigenvalue weighted by atomic mass is 35.5. The van der Waals surface area contributed by atoms with Gasteiger partial charge in [0.05, 0.1) is 0 Å². The Morgan fingerprint density at radius 1 is 1.45 bits per heavy atom. The molecule has 0 bridgehead atoms. The molecule has 1 unspecified atom stereocenters. The lowest BCUT2D eigenvalue weighted by molar-refractivity contribution is -0.237. The summed E-state index contributed by atoms with van der Waals surface area (Å²) >= 11 is 5.56. The number of alkyl halides is 1. The molecule has 120 valence electrons. The van der Waals surface area contributed by atoms with Gasteiger partial charge in [-0.25, -0.2) is 4.79 Å². The van der Waals surface area contributed by atoms with Crippen LogP contribution in [-0.2, 0) is 14.3 Å². The molecule has 1 saturated heterocycles. The average molecular weight is 327 g/mol. The van der Waals surface area contributed by atoms with Gasteiger partial charge >= 0.3 is 5.97 Å². The number of nitrogens with one attached hydrogen (secondary N) is 1. The van der Waals surface area contributed by atoms with Crippen molar-refractivity contribution in [3.05, 3.63) is 35.9 Å². The van der Waals surface area contributed by atoms with E-state index in [9.17, 15) is 14.7 Å². The second-order valence-corrected chi connectivity index (χ2v) is 5.84. The van der Waals surface area contributed by atoms with E-state index in [0.29, 0.717) is 17.9 Å². The number of carbonyl (C=O) groups excluding carboxylic acids is 2. The molecule has 0 aromatic heterocycles. The van der Waals surface area contributed by atoms with Crippen LogP contribution in [-0.4, -0.2) is 34.1 Å². The summed E-state index contributed by atoms with van der Waals surface area (Å²) in [4.78, 5) is 24.1. The van der Waals surface area contributed by atoms with Gasteiger partial charge in [-0.15, -0.1) is 11.6 Å². The van der Waals surface area contributed by atoms with Crippen molar-refractivity contribution in [2.75, 3.05) is 5.88 Å². The maximum absolute atomic E-state index is 12.1. The maximum Gasteiger partial charge on any atom is 0.342 e. The van der Waals surface area contributed by atoms with Crippen LogP contribution in [0, 0.1) is 0 Å². The van der Waals surface area contributed by atoms with Crippen LogP contribution in [0.2, 0.25) is 0 Å². The van der Waals surface area contributed by atoms with E-state index in [0.717, 1.165) is 0 Å². The minimum Gasteiger partial charge on any atom is -0.439 e. The number of halogens is 1. The predicted octanol–water partition coefficient (Wildman–Crippen LogP) is 0.826. The lowest BCUT2D eigenvalue weighted by Crippen LogP contribution is -2.83. The Morgan fingerprint density at radius 3 is 2.59 bits per heavy atom. The largest absolute Gasteiger partial charge is 0.439 e. The second-order valence-electron chi connectivity index (χ2n) is 5.46. The van der Waals surface area contributed by atoms with Gasteiger partial charge in [0.15, 0.2) is 5.72 Å². The van der Waals surface area contributed by atoms with Crippen LogP contribution in [0.1, 0.15) is 31.4 Å². The van der Waals surface area contributed by atoms with Gasteiger partial charge < -0.3 is 15.2 Å². The highest BCUT2D eigenvalue weighted by molar-refractivity contribution is 6.17. The minimum atomic E-state index is -1.71. The number of carbonyl (C=O) groups is 2. The molecule has 0 saturated carbocycles. The van der Waals surface area contributed by atoms with Crippen molar-refractivity contribution in [1.82, 2.24) is 5.32 Å². The molecular formula is C15H19ClN2O4. The normalized spacial score (nSPS) is 28.5. The number of esters is 1. The zero-order chi connectivity index (χ0) is 16.4. The molecule has 22 heavy (non-hydrogen) atoms. The number of ether oxygens (including phenoxy) is 1. The predicted molar refractivity (Wildman–Crippen MR) is 80.9 cm³/mol. The van der Waals surface area contributed by atoms with Gasteiger partial charge in [-0.2, -0.15) is 0 Å². The number of rotatable bonds is 6. The van der Waals surface area contributed by atoms with Gasteiger partial charge in [-0.3, -0.25) is 10.5 Å². The summed E-state index contributed by atoms with van der Waals surface area (Å²) in [7, 11) is 0. The second kappa shape index (κ2) is 6.24. The van der Waals surface area contributed by atoms with Crippen molar-refractivity contribution in [1.29, 1.82) is 0 Å². The Labute approximate surface area is 133 Å². The Morgan fingerprint density at radius 2 is 2.09 bits per heavy atom. The minimum absolute atomic E-state index is 0.135. The van der Waals surface area contributed by atoms with Crippen LogP contribution in [0.15, 0.2) is 30.3 Å². The molecule has 7 heteroatoms. The number of aliphatic hydroxyl groups excluding tert-OH is 1. The molecule has 0 radical (unpaired) electrons. The number of hydrogen-bond donors (Lipinski definition) is 3. The zero-order valence-corrected chi connectivity index (χ0v) is 13.0. The van der Waals surface area contributed by atoms with Crippen LogP contribution in [0.25, 0.3) is 0 Å². The molecule has 1 fully saturated rings.